The van der Waals surface area contributed by atoms with Crippen LogP contribution in [0.4, 0.5) is 0 Å². The Morgan fingerprint density at radius 2 is 2.17 bits per heavy atom. The van der Waals surface area contributed by atoms with Crippen LogP contribution in [0.1, 0.15) is 39.5 Å². The number of amides is 1. The number of fused-ring (bicyclic) bond motifs is 1. The van der Waals surface area contributed by atoms with Crippen LogP contribution in [0.5, 0.6) is 0 Å². The number of hydrogen-bond acceptors (Lipinski definition) is 5. The number of rotatable bonds is 8. The quantitative estimate of drug-likeness (QED) is 0.322. The number of nitrogens with zero attached hydrogens (tertiary/aromatic N) is 3. The lowest BCUT2D eigenvalue weighted by atomic mass is 10.2. The molecule has 8 heteroatoms. The summed E-state index contributed by atoms with van der Waals surface area (Å²) in [5, 5.41) is 1.22. The van der Waals surface area contributed by atoms with Gasteiger partial charge in [0.25, 0.3) is 5.56 Å². The molecule has 1 unspecified atom stereocenters. The first kappa shape index (κ1) is 22.3. The Bertz CT molecular complexity index is 918. The zero-order valence-corrected chi connectivity index (χ0v) is 19.4. The minimum Gasteiger partial charge on any atom is -0.375 e. The van der Waals surface area contributed by atoms with Gasteiger partial charge in [-0.15, -0.1) is 0 Å². The molecule has 2 aromatic rings. The molecule has 1 aromatic carbocycles. The number of unbranched alkanes of at least 4 members (excludes halogenated alkanes) is 2. The normalized spacial score (nSPS) is 17.1. The van der Waals surface area contributed by atoms with E-state index in [0.29, 0.717) is 42.3 Å². The van der Waals surface area contributed by atoms with Crippen LogP contribution in [0.2, 0.25) is 0 Å². The molecule has 0 bridgehead atoms. The van der Waals surface area contributed by atoms with E-state index in [1.54, 1.807) is 4.57 Å². The summed E-state index contributed by atoms with van der Waals surface area (Å²) in [5.74, 6) is 0.348. The number of carbonyl (C=O) groups is 1. The van der Waals surface area contributed by atoms with Crippen LogP contribution in [0, 0.1) is 0 Å². The van der Waals surface area contributed by atoms with Crippen molar-refractivity contribution in [3.05, 3.63) is 33.0 Å². The van der Waals surface area contributed by atoms with Crippen molar-refractivity contribution >= 4 is 44.5 Å². The van der Waals surface area contributed by atoms with E-state index < -0.39 is 0 Å². The third-order valence-electron chi connectivity index (χ3n) is 5.14. The second kappa shape index (κ2) is 10.6. The Kier molecular flexibility index (Phi) is 8.15. The smallest absolute Gasteiger partial charge is 0.262 e. The first-order valence-electron chi connectivity index (χ1n) is 10.3. The fraction of sp³-hybridized carbons (Fsp3) is 0.571. The van der Waals surface area contributed by atoms with Gasteiger partial charge in [0.1, 0.15) is 0 Å². The topological polar surface area (TPSA) is 64.4 Å². The number of ether oxygens (including phenoxy) is 1. The average Bonchev–Trinajstić information content (AvgIpc) is 2.74. The van der Waals surface area contributed by atoms with Crippen molar-refractivity contribution in [2.75, 3.05) is 25.4 Å². The maximum Gasteiger partial charge on any atom is 0.262 e. The number of morpholine rings is 1. The van der Waals surface area contributed by atoms with Gasteiger partial charge in [-0.05, 0) is 31.0 Å². The Balaban J connectivity index is 1.81. The molecule has 0 radical (unpaired) electrons. The van der Waals surface area contributed by atoms with Gasteiger partial charge >= 0.3 is 0 Å². The van der Waals surface area contributed by atoms with Crippen LogP contribution in [-0.4, -0.2) is 51.9 Å². The first-order valence-corrected chi connectivity index (χ1v) is 12.0. The number of halogens is 1. The molecule has 1 aliphatic heterocycles. The van der Waals surface area contributed by atoms with E-state index in [1.807, 2.05) is 23.1 Å². The highest BCUT2D eigenvalue weighted by molar-refractivity contribution is 9.10. The van der Waals surface area contributed by atoms with Crippen molar-refractivity contribution < 1.29 is 9.53 Å². The minimum atomic E-state index is -0.0419. The second-order valence-corrected chi connectivity index (χ2v) is 9.11. The molecule has 3 rings (SSSR count). The molecule has 29 heavy (non-hydrogen) atoms. The van der Waals surface area contributed by atoms with Gasteiger partial charge in [0.05, 0.1) is 29.4 Å². The number of aromatic nitrogens is 2. The average molecular weight is 482 g/mol. The zero-order valence-electron chi connectivity index (χ0n) is 17.0. The monoisotopic (exact) mass is 481 g/mol. The van der Waals surface area contributed by atoms with E-state index in [2.05, 4.69) is 29.8 Å². The molecule has 1 saturated heterocycles. The number of thioether (sulfide) groups is 1. The highest BCUT2D eigenvalue weighted by Gasteiger charge is 2.23. The lowest BCUT2D eigenvalue weighted by molar-refractivity contribution is -0.135. The van der Waals surface area contributed by atoms with E-state index in [1.165, 1.54) is 11.8 Å². The first-order chi connectivity index (χ1) is 14.0. The molecular weight excluding hydrogens is 454 g/mol. The highest BCUT2D eigenvalue weighted by Crippen LogP contribution is 2.22. The number of hydrogen-bond donors (Lipinski definition) is 0. The standard InChI is InChI=1S/C21H28BrN3O3S/c1-3-5-6-9-25-20(27)17-12-15(22)7-8-18(17)23-21(25)29-14-19(26)24-10-11-28-16(4-2)13-24/h7-8,12,16H,3-6,9-11,13-14H2,1-2H3. The van der Waals surface area contributed by atoms with Crippen molar-refractivity contribution in [2.24, 2.45) is 0 Å². The Labute approximate surface area is 184 Å². The van der Waals surface area contributed by atoms with Gasteiger partial charge in [0.2, 0.25) is 5.91 Å². The molecule has 0 spiro atoms. The molecule has 2 heterocycles. The molecule has 0 aliphatic carbocycles. The molecule has 1 atom stereocenters. The third-order valence-corrected chi connectivity index (χ3v) is 6.59. The third kappa shape index (κ3) is 5.61. The van der Waals surface area contributed by atoms with Crippen molar-refractivity contribution in [3.63, 3.8) is 0 Å². The second-order valence-electron chi connectivity index (χ2n) is 7.25. The van der Waals surface area contributed by atoms with Crippen molar-refractivity contribution in [2.45, 2.75) is 57.3 Å². The molecule has 1 amide bonds. The molecule has 1 aliphatic rings. The molecule has 1 aromatic heterocycles. The van der Waals surface area contributed by atoms with E-state index in [9.17, 15) is 9.59 Å². The van der Waals surface area contributed by atoms with Gasteiger partial charge in [-0.25, -0.2) is 4.98 Å². The van der Waals surface area contributed by atoms with Crippen molar-refractivity contribution in [1.29, 1.82) is 0 Å². The van der Waals surface area contributed by atoms with Crippen LogP contribution >= 0.6 is 27.7 Å². The SMILES string of the molecule is CCCCCn1c(SCC(=O)N2CCOC(CC)C2)nc2ccc(Br)cc2c1=O. The summed E-state index contributed by atoms with van der Waals surface area (Å²) >= 11 is 4.79. The van der Waals surface area contributed by atoms with Gasteiger partial charge in [-0.1, -0.05) is 54.4 Å². The van der Waals surface area contributed by atoms with Gasteiger partial charge in [-0.3, -0.25) is 14.2 Å². The van der Waals surface area contributed by atoms with Gasteiger partial charge in [-0.2, -0.15) is 0 Å². The maximum atomic E-state index is 13.1. The van der Waals surface area contributed by atoms with E-state index in [4.69, 9.17) is 9.72 Å². The summed E-state index contributed by atoms with van der Waals surface area (Å²) in [5.41, 5.74) is 0.622. The van der Waals surface area contributed by atoms with Crippen molar-refractivity contribution in [1.82, 2.24) is 14.5 Å². The molecule has 1 fully saturated rings. The largest absolute Gasteiger partial charge is 0.375 e. The lowest BCUT2D eigenvalue weighted by Gasteiger charge is -2.32. The summed E-state index contributed by atoms with van der Waals surface area (Å²) in [4.78, 5) is 32.4. The molecule has 158 valence electrons. The molecular formula is C21H28BrN3O3S. The van der Waals surface area contributed by atoms with E-state index in [0.717, 1.165) is 30.2 Å². The lowest BCUT2D eigenvalue weighted by Crippen LogP contribution is -2.46. The van der Waals surface area contributed by atoms with E-state index >= 15 is 0 Å². The summed E-state index contributed by atoms with van der Waals surface area (Å²) in [7, 11) is 0. The van der Waals surface area contributed by atoms with Gasteiger partial charge < -0.3 is 9.64 Å². The van der Waals surface area contributed by atoms with Crippen LogP contribution in [-0.2, 0) is 16.1 Å². The van der Waals surface area contributed by atoms with Crippen LogP contribution in [0.3, 0.4) is 0 Å². The summed E-state index contributed by atoms with van der Waals surface area (Å²) < 4.78 is 8.25. The predicted octanol–water partition coefficient (Wildman–Crippen LogP) is 4.08. The van der Waals surface area contributed by atoms with E-state index in [-0.39, 0.29) is 23.3 Å². The molecule has 0 saturated carbocycles. The summed E-state index contributed by atoms with van der Waals surface area (Å²) in [6.45, 7) is 6.67. The van der Waals surface area contributed by atoms with Crippen LogP contribution in [0.25, 0.3) is 10.9 Å². The van der Waals surface area contributed by atoms with Crippen LogP contribution < -0.4 is 5.56 Å². The van der Waals surface area contributed by atoms with Gasteiger partial charge in [0, 0.05) is 24.1 Å². The van der Waals surface area contributed by atoms with Crippen molar-refractivity contribution in [3.8, 4) is 0 Å². The number of benzene rings is 1. The Hall–Kier alpha value is -1.38. The highest BCUT2D eigenvalue weighted by atomic mass is 79.9. The minimum absolute atomic E-state index is 0.0419. The fourth-order valence-electron chi connectivity index (χ4n) is 3.41. The number of carbonyl (C=O) groups excluding carboxylic acids is 1. The van der Waals surface area contributed by atoms with Gasteiger partial charge in [0.15, 0.2) is 5.16 Å². The molecule has 0 N–H and O–H groups in total. The maximum absolute atomic E-state index is 13.1. The zero-order chi connectivity index (χ0) is 20.8. The Morgan fingerprint density at radius 3 is 2.93 bits per heavy atom. The molecule has 6 nitrogen and oxygen atoms in total. The summed E-state index contributed by atoms with van der Waals surface area (Å²) in [6, 6.07) is 5.55. The predicted molar refractivity (Wildman–Crippen MR) is 121 cm³/mol. The summed E-state index contributed by atoms with van der Waals surface area (Å²) in [6.07, 6.45) is 4.06. The fourth-order valence-corrected chi connectivity index (χ4v) is 4.70. The van der Waals surface area contributed by atoms with Crippen LogP contribution in [0.15, 0.2) is 32.6 Å². The Morgan fingerprint density at radius 1 is 1.34 bits per heavy atom.